The van der Waals surface area contributed by atoms with Gasteiger partial charge in [0, 0.05) is 26.7 Å². The lowest BCUT2D eigenvalue weighted by Crippen LogP contribution is -2.47. The molecule has 0 saturated carbocycles. The van der Waals surface area contributed by atoms with Crippen molar-refractivity contribution in [3.05, 3.63) is 35.9 Å². The molecule has 0 unspecified atom stereocenters. The van der Waals surface area contributed by atoms with Crippen molar-refractivity contribution < 1.29 is 18.3 Å². The zero-order valence-corrected chi connectivity index (χ0v) is 12.8. The number of carboxylic acids is 1. The normalized spacial score (nSPS) is 20.6. The van der Waals surface area contributed by atoms with Gasteiger partial charge in [-0.15, -0.1) is 0 Å². The van der Waals surface area contributed by atoms with Gasteiger partial charge in [-0.2, -0.15) is 17.0 Å². The van der Waals surface area contributed by atoms with Crippen molar-refractivity contribution in [1.29, 1.82) is 0 Å². The highest BCUT2D eigenvalue weighted by Gasteiger charge is 2.34. The first-order chi connectivity index (χ1) is 9.91. The Hall–Kier alpha value is -1.44. The van der Waals surface area contributed by atoms with Gasteiger partial charge < -0.3 is 5.11 Å². The monoisotopic (exact) mass is 312 g/mol. The van der Waals surface area contributed by atoms with Gasteiger partial charge in [0.1, 0.15) is 0 Å². The molecule has 0 aromatic heterocycles. The summed E-state index contributed by atoms with van der Waals surface area (Å²) in [7, 11) is -2.10. The van der Waals surface area contributed by atoms with Crippen LogP contribution < -0.4 is 0 Å². The van der Waals surface area contributed by atoms with Crippen LogP contribution >= 0.6 is 0 Å². The highest BCUT2D eigenvalue weighted by atomic mass is 32.2. The second-order valence-corrected chi connectivity index (χ2v) is 7.32. The number of carbonyl (C=O) groups is 1. The summed E-state index contributed by atoms with van der Waals surface area (Å²) in [4.78, 5) is 11.1. The Morgan fingerprint density at radius 3 is 2.67 bits per heavy atom. The first kappa shape index (κ1) is 15.9. The third kappa shape index (κ3) is 3.81. The standard InChI is InChI=1S/C14H20N2O4S/c1-15(10-12-6-3-2-4-7-12)21(19,20)16-9-5-8-13(11-16)14(17)18/h2-4,6-7,13H,5,8-11H2,1H3,(H,17,18)/t13-/m1/s1. The number of carboxylic acid groups (broad SMARTS) is 1. The molecule has 1 aliphatic rings. The van der Waals surface area contributed by atoms with Crippen molar-refractivity contribution in [2.45, 2.75) is 19.4 Å². The first-order valence-electron chi connectivity index (χ1n) is 6.89. The lowest BCUT2D eigenvalue weighted by atomic mass is 10.0. The molecule has 1 atom stereocenters. The molecule has 6 nitrogen and oxygen atoms in total. The van der Waals surface area contributed by atoms with E-state index in [2.05, 4.69) is 0 Å². The Labute approximate surface area is 125 Å². The quantitative estimate of drug-likeness (QED) is 0.885. The molecule has 1 aromatic carbocycles. The molecule has 2 rings (SSSR count). The topological polar surface area (TPSA) is 77.9 Å². The number of nitrogens with zero attached hydrogens (tertiary/aromatic N) is 2. The van der Waals surface area contributed by atoms with Gasteiger partial charge in [-0.25, -0.2) is 0 Å². The number of hydrogen-bond donors (Lipinski definition) is 1. The molecule has 1 fully saturated rings. The van der Waals surface area contributed by atoms with Gasteiger partial charge in [-0.1, -0.05) is 30.3 Å². The second-order valence-electron chi connectivity index (χ2n) is 5.28. The lowest BCUT2D eigenvalue weighted by Gasteiger charge is -2.32. The summed E-state index contributed by atoms with van der Waals surface area (Å²) < 4.78 is 27.6. The summed E-state index contributed by atoms with van der Waals surface area (Å²) in [6, 6.07) is 9.32. The molecule has 1 aromatic rings. The second kappa shape index (κ2) is 6.55. The van der Waals surface area contributed by atoms with Gasteiger partial charge in [0.2, 0.25) is 0 Å². The fraction of sp³-hybridized carbons (Fsp3) is 0.500. The lowest BCUT2D eigenvalue weighted by molar-refractivity contribution is -0.142. The van der Waals surface area contributed by atoms with Crippen molar-refractivity contribution in [2.75, 3.05) is 20.1 Å². The molecule has 0 spiro atoms. The van der Waals surface area contributed by atoms with E-state index in [1.807, 2.05) is 30.3 Å². The van der Waals surface area contributed by atoms with E-state index >= 15 is 0 Å². The summed E-state index contributed by atoms with van der Waals surface area (Å²) in [6.07, 6.45) is 1.11. The van der Waals surface area contributed by atoms with E-state index in [1.54, 1.807) is 0 Å². The van der Waals surface area contributed by atoms with Crippen LogP contribution in [-0.2, 0) is 21.5 Å². The summed E-state index contributed by atoms with van der Waals surface area (Å²) in [5.74, 6) is -1.54. The first-order valence-corrected chi connectivity index (χ1v) is 8.29. The highest BCUT2D eigenvalue weighted by Crippen LogP contribution is 2.21. The van der Waals surface area contributed by atoms with E-state index in [0.29, 0.717) is 19.4 Å². The van der Waals surface area contributed by atoms with E-state index in [4.69, 9.17) is 5.11 Å². The minimum atomic E-state index is -3.62. The SMILES string of the molecule is CN(Cc1ccccc1)S(=O)(=O)N1CCC[C@@H](C(=O)O)C1. The summed E-state index contributed by atoms with van der Waals surface area (Å²) >= 11 is 0. The molecule has 21 heavy (non-hydrogen) atoms. The van der Waals surface area contributed by atoms with Crippen LogP contribution in [0.3, 0.4) is 0 Å². The summed E-state index contributed by atoms with van der Waals surface area (Å²) in [5.41, 5.74) is 0.898. The van der Waals surface area contributed by atoms with Gasteiger partial charge in [0.25, 0.3) is 10.2 Å². The van der Waals surface area contributed by atoms with E-state index in [1.165, 1.54) is 15.7 Å². The zero-order valence-electron chi connectivity index (χ0n) is 12.0. The Balaban J connectivity index is 2.08. The Morgan fingerprint density at radius 2 is 2.05 bits per heavy atom. The largest absolute Gasteiger partial charge is 0.481 e. The van der Waals surface area contributed by atoms with Gasteiger partial charge in [-0.05, 0) is 18.4 Å². The summed E-state index contributed by atoms with van der Waals surface area (Å²) in [5, 5.41) is 9.06. The maximum Gasteiger partial charge on any atom is 0.307 e. The van der Waals surface area contributed by atoms with Gasteiger partial charge in [-0.3, -0.25) is 4.79 Å². The fourth-order valence-corrected chi connectivity index (χ4v) is 3.91. The highest BCUT2D eigenvalue weighted by molar-refractivity contribution is 7.86. The van der Waals surface area contributed by atoms with Crippen LogP contribution in [0.1, 0.15) is 18.4 Å². The number of aliphatic carboxylic acids is 1. The number of rotatable bonds is 5. The molecule has 0 amide bonds. The average molecular weight is 312 g/mol. The molecular weight excluding hydrogens is 292 g/mol. The summed E-state index contributed by atoms with van der Waals surface area (Å²) in [6.45, 7) is 0.708. The number of benzene rings is 1. The molecular formula is C14H20N2O4S. The number of piperidine rings is 1. The zero-order chi connectivity index (χ0) is 15.5. The Morgan fingerprint density at radius 1 is 1.38 bits per heavy atom. The Bertz CT molecular complexity index is 588. The van der Waals surface area contributed by atoms with Crippen molar-refractivity contribution >= 4 is 16.2 Å². The minimum Gasteiger partial charge on any atom is -0.481 e. The third-order valence-corrected chi connectivity index (χ3v) is 5.60. The van der Waals surface area contributed by atoms with E-state index < -0.39 is 22.1 Å². The molecule has 116 valence electrons. The van der Waals surface area contributed by atoms with Gasteiger partial charge in [0.15, 0.2) is 0 Å². The van der Waals surface area contributed by atoms with Gasteiger partial charge in [0.05, 0.1) is 5.92 Å². The Kier molecular flexibility index (Phi) is 4.97. The van der Waals surface area contributed by atoms with E-state index in [9.17, 15) is 13.2 Å². The molecule has 1 N–H and O–H groups in total. The van der Waals surface area contributed by atoms with E-state index in [0.717, 1.165) is 5.56 Å². The molecule has 1 aliphatic heterocycles. The number of hydrogen-bond acceptors (Lipinski definition) is 3. The van der Waals surface area contributed by atoms with Crippen LogP contribution in [0.15, 0.2) is 30.3 Å². The molecule has 0 radical (unpaired) electrons. The maximum atomic E-state index is 12.5. The minimum absolute atomic E-state index is 0.0524. The van der Waals surface area contributed by atoms with Crippen molar-refractivity contribution in [3.8, 4) is 0 Å². The predicted octanol–water partition coefficient (Wildman–Crippen LogP) is 1.16. The molecule has 0 bridgehead atoms. The molecule has 0 aliphatic carbocycles. The smallest absolute Gasteiger partial charge is 0.307 e. The van der Waals surface area contributed by atoms with Crippen LogP contribution in [0, 0.1) is 5.92 Å². The van der Waals surface area contributed by atoms with E-state index in [-0.39, 0.29) is 13.1 Å². The van der Waals surface area contributed by atoms with Crippen molar-refractivity contribution in [1.82, 2.24) is 8.61 Å². The van der Waals surface area contributed by atoms with Crippen LogP contribution in [0.4, 0.5) is 0 Å². The average Bonchev–Trinajstić information content (AvgIpc) is 2.48. The van der Waals surface area contributed by atoms with Crippen LogP contribution in [0.5, 0.6) is 0 Å². The predicted molar refractivity (Wildman–Crippen MR) is 78.8 cm³/mol. The molecule has 1 heterocycles. The van der Waals surface area contributed by atoms with Gasteiger partial charge >= 0.3 is 5.97 Å². The van der Waals surface area contributed by atoms with Crippen LogP contribution in [-0.4, -0.2) is 48.2 Å². The van der Waals surface area contributed by atoms with Crippen molar-refractivity contribution in [3.63, 3.8) is 0 Å². The fourth-order valence-electron chi connectivity index (χ4n) is 2.47. The van der Waals surface area contributed by atoms with Crippen LogP contribution in [0.25, 0.3) is 0 Å². The van der Waals surface area contributed by atoms with Crippen LogP contribution in [0.2, 0.25) is 0 Å². The third-order valence-electron chi connectivity index (χ3n) is 3.70. The van der Waals surface area contributed by atoms with Crippen molar-refractivity contribution in [2.24, 2.45) is 5.92 Å². The maximum absolute atomic E-state index is 12.5. The molecule has 7 heteroatoms. The molecule has 1 saturated heterocycles.